The summed E-state index contributed by atoms with van der Waals surface area (Å²) < 4.78 is 37.2. The van der Waals surface area contributed by atoms with E-state index in [1.54, 1.807) is 6.07 Å². The first kappa shape index (κ1) is 13.7. The van der Waals surface area contributed by atoms with Crippen LogP contribution in [-0.4, -0.2) is 32.5 Å². The highest BCUT2D eigenvalue weighted by atomic mass is 32.2. The van der Waals surface area contributed by atoms with Gasteiger partial charge in [-0.25, -0.2) is 13.1 Å². The first-order chi connectivity index (χ1) is 9.49. The highest BCUT2D eigenvalue weighted by Crippen LogP contribution is 2.34. The average molecular weight is 299 g/mol. The Bertz CT molecular complexity index is 607. The van der Waals surface area contributed by atoms with Gasteiger partial charge in [0.2, 0.25) is 16.8 Å². The predicted molar refractivity (Wildman–Crippen MR) is 71.2 cm³/mol. The van der Waals surface area contributed by atoms with Crippen LogP contribution >= 0.6 is 0 Å². The van der Waals surface area contributed by atoms with Gasteiger partial charge in [0.15, 0.2) is 11.5 Å². The van der Waals surface area contributed by atoms with Crippen molar-refractivity contribution in [3.63, 3.8) is 0 Å². The number of sulfonamides is 1. The monoisotopic (exact) mass is 299 g/mol. The van der Waals surface area contributed by atoms with E-state index < -0.39 is 15.6 Å². The molecule has 2 aliphatic rings. The quantitative estimate of drug-likeness (QED) is 0.866. The minimum Gasteiger partial charge on any atom is -0.454 e. The second-order valence-electron chi connectivity index (χ2n) is 5.27. The molecule has 110 valence electrons. The van der Waals surface area contributed by atoms with Crippen LogP contribution in [0.5, 0.6) is 11.5 Å². The predicted octanol–water partition coefficient (Wildman–Crippen LogP) is 0.999. The van der Waals surface area contributed by atoms with Gasteiger partial charge in [-0.05, 0) is 25.0 Å². The Morgan fingerprint density at radius 3 is 2.65 bits per heavy atom. The summed E-state index contributed by atoms with van der Waals surface area (Å²) in [4.78, 5) is 0.114. The molecular weight excluding hydrogens is 282 g/mol. The molecule has 6 nitrogen and oxygen atoms in total. The second kappa shape index (κ2) is 4.91. The Morgan fingerprint density at radius 2 is 1.90 bits per heavy atom. The number of aliphatic hydroxyl groups is 1. The van der Waals surface area contributed by atoms with E-state index >= 15 is 0 Å². The van der Waals surface area contributed by atoms with E-state index in [4.69, 9.17) is 9.47 Å². The standard InChI is InChI=1S/C13H17NO5S/c15-13(5-1-2-6-13)8-14-20(16,17)10-3-4-11-12(7-10)19-9-18-11/h3-4,7,14-15H,1-2,5-6,8-9H2. The largest absolute Gasteiger partial charge is 0.454 e. The minimum absolute atomic E-state index is 0.0454. The van der Waals surface area contributed by atoms with Crippen molar-refractivity contribution in [1.29, 1.82) is 0 Å². The number of rotatable bonds is 4. The molecule has 0 amide bonds. The van der Waals surface area contributed by atoms with Crippen molar-refractivity contribution in [3.8, 4) is 11.5 Å². The van der Waals surface area contributed by atoms with Crippen molar-refractivity contribution in [2.75, 3.05) is 13.3 Å². The van der Waals surface area contributed by atoms with Gasteiger partial charge >= 0.3 is 0 Å². The molecule has 1 aromatic rings. The lowest BCUT2D eigenvalue weighted by Crippen LogP contribution is -2.40. The summed E-state index contributed by atoms with van der Waals surface area (Å²) in [5.41, 5.74) is -0.913. The Morgan fingerprint density at radius 1 is 1.20 bits per heavy atom. The van der Waals surface area contributed by atoms with Crippen LogP contribution in [0.15, 0.2) is 23.1 Å². The van der Waals surface area contributed by atoms with Crippen molar-refractivity contribution >= 4 is 10.0 Å². The molecule has 0 aromatic heterocycles. The molecule has 0 bridgehead atoms. The highest BCUT2D eigenvalue weighted by molar-refractivity contribution is 7.89. The maximum absolute atomic E-state index is 12.2. The number of fused-ring (bicyclic) bond motifs is 1. The van der Waals surface area contributed by atoms with Crippen LogP contribution in [0.1, 0.15) is 25.7 Å². The van der Waals surface area contributed by atoms with Gasteiger partial charge in [-0.3, -0.25) is 0 Å². The maximum Gasteiger partial charge on any atom is 0.240 e. The molecular formula is C13H17NO5S. The summed E-state index contributed by atoms with van der Waals surface area (Å²) >= 11 is 0. The third-order valence-electron chi connectivity index (χ3n) is 3.78. The van der Waals surface area contributed by atoms with Gasteiger partial charge in [-0.15, -0.1) is 0 Å². The average Bonchev–Trinajstić information content (AvgIpc) is 3.05. The highest BCUT2D eigenvalue weighted by Gasteiger charge is 2.32. The maximum atomic E-state index is 12.2. The normalized spacial score (nSPS) is 20.2. The van der Waals surface area contributed by atoms with Crippen molar-refractivity contribution in [2.24, 2.45) is 0 Å². The lowest BCUT2D eigenvalue weighted by molar-refractivity contribution is 0.0532. The van der Waals surface area contributed by atoms with Crippen molar-refractivity contribution < 1.29 is 23.0 Å². The van der Waals surface area contributed by atoms with Crippen molar-refractivity contribution in [1.82, 2.24) is 4.72 Å². The van der Waals surface area contributed by atoms with Gasteiger partial charge in [-0.2, -0.15) is 0 Å². The Hall–Kier alpha value is -1.31. The molecule has 1 heterocycles. The number of benzene rings is 1. The molecule has 7 heteroatoms. The number of hydrogen-bond acceptors (Lipinski definition) is 5. The van der Waals surface area contributed by atoms with Gasteiger partial charge in [0.05, 0.1) is 10.5 Å². The van der Waals surface area contributed by atoms with E-state index in [2.05, 4.69) is 4.72 Å². The molecule has 1 fully saturated rings. The first-order valence-corrected chi connectivity index (χ1v) is 8.09. The van der Waals surface area contributed by atoms with Crippen LogP contribution in [0.4, 0.5) is 0 Å². The van der Waals surface area contributed by atoms with E-state index in [1.807, 2.05) is 0 Å². The van der Waals surface area contributed by atoms with Gasteiger partial charge in [0.1, 0.15) is 0 Å². The molecule has 0 atom stereocenters. The van der Waals surface area contributed by atoms with Crippen LogP contribution in [0.2, 0.25) is 0 Å². The summed E-state index contributed by atoms with van der Waals surface area (Å²) in [5, 5.41) is 10.2. The van der Waals surface area contributed by atoms with E-state index in [0.29, 0.717) is 24.3 Å². The smallest absolute Gasteiger partial charge is 0.240 e. The van der Waals surface area contributed by atoms with Crippen LogP contribution in [-0.2, 0) is 10.0 Å². The molecule has 1 aromatic carbocycles. The topological polar surface area (TPSA) is 84.9 Å². The van der Waals surface area contributed by atoms with Gasteiger partial charge < -0.3 is 14.6 Å². The summed E-state index contributed by atoms with van der Waals surface area (Å²) in [7, 11) is -3.65. The van der Waals surface area contributed by atoms with Crippen LogP contribution in [0.3, 0.4) is 0 Å². The van der Waals surface area contributed by atoms with Crippen LogP contribution < -0.4 is 14.2 Å². The molecule has 2 N–H and O–H groups in total. The summed E-state index contributed by atoms with van der Waals surface area (Å²) in [6, 6.07) is 4.47. The van der Waals surface area contributed by atoms with Gasteiger partial charge in [-0.1, -0.05) is 12.8 Å². The molecule has 1 aliphatic heterocycles. The summed E-state index contributed by atoms with van der Waals surface area (Å²) in [5.74, 6) is 0.964. The van der Waals surface area contributed by atoms with E-state index in [0.717, 1.165) is 12.8 Å². The Balaban J connectivity index is 1.74. The lowest BCUT2D eigenvalue weighted by Gasteiger charge is -2.22. The summed E-state index contributed by atoms with van der Waals surface area (Å²) in [6.45, 7) is 0.149. The second-order valence-corrected chi connectivity index (χ2v) is 7.04. The third-order valence-corrected chi connectivity index (χ3v) is 5.18. The van der Waals surface area contributed by atoms with Crippen LogP contribution in [0, 0.1) is 0 Å². The number of ether oxygens (including phenoxy) is 2. The zero-order chi connectivity index (χ0) is 14.2. The molecule has 0 radical (unpaired) electrons. The SMILES string of the molecule is O=S(=O)(NCC1(O)CCCC1)c1ccc2c(c1)OCO2. The number of hydrogen-bond donors (Lipinski definition) is 2. The van der Waals surface area contributed by atoms with Crippen molar-refractivity contribution in [2.45, 2.75) is 36.2 Å². The third kappa shape index (κ3) is 2.61. The Labute approximate surface area is 117 Å². The lowest BCUT2D eigenvalue weighted by atomic mass is 10.0. The molecule has 1 aliphatic carbocycles. The summed E-state index contributed by atoms with van der Waals surface area (Å²) in [6.07, 6.45) is 3.14. The van der Waals surface area contributed by atoms with Gasteiger partial charge in [0, 0.05) is 12.6 Å². The minimum atomic E-state index is -3.65. The molecule has 0 spiro atoms. The fourth-order valence-electron chi connectivity index (χ4n) is 2.57. The van der Waals surface area contributed by atoms with Crippen molar-refractivity contribution in [3.05, 3.63) is 18.2 Å². The zero-order valence-electron chi connectivity index (χ0n) is 11.0. The Kier molecular flexibility index (Phi) is 3.35. The molecule has 0 saturated heterocycles. The molecule has 3 rings (SSSR count). The molecule has 1 saturated carbocycles. The van der Waals surface area contributed by atoms with Gasteiger partial charge in [0.25, 0.3) is 0 Å². The van der Waals surface area contributed by atoms with Crippen LogP contribution in [0.25, 0.3) is 0 Å². The fourth-order valence-corrected chi connectivity index (χ4v) is 3.70. The van der Waals surface area contributed by atoms with E-state index in [1.165, 1.54) is 12.1 Å². The fraction of sp³-hybridized carbons (Fsp3) is 0.538. The van der Waals surface area contributed by atoms with E-state index in [-0.39, 0.29) is 18.2 Å². The zero-order valence-corrected chi connectivity index (χ0v) is 11.8. The molecule has 20 heavy (non-hydrogen) atoms. The molecule has 0 unspecified atom stereocenters. The first-order valence-electron chi connectivity index (χ1n) is 6.60. The number of nitrogens with one attached hydrogen (secondary N) is 1. The van der Waals surface area contributed by atoms with E-state index in [9.17, 15) is 13.5 Å².